The average Bonchev–Trinajstić information content (AvgIpc) is 2.52. The monoisotopic (exact) mass is 314 g/mol. The molecule has 0 spiro atoms. The van der Waals surface area contributed by atoms with E-state index in [1.165, 1.54) is 13.0 Å². The number of guanidine groups is 1. The number of carbonyl (C=O) groups is 1. The van der Waals surface area contributed by atoms with Crippen LogP contribution < -0.4 is 20.7 Å². The number of hydrogen-bond donors (Lipinski definition) is 2. The summed E-state index contributed by atoms with van der Waals surface area (Å²) in [4.78, 5) is 16.2. The van der Waals surface area contributed by atoms with E-state index in [1.807, 2.05) is 18.2 Å². The predicted molar refractivity (Wildman–Crippen MR) is 82.8 cm³/mol. The van der Waals surface area contributed by atoms with Gasteiger partial charge in [-0.2, -0.15) is 0 Å². The zero-order valence-electron chi connectivity index (χ0n) is 12.2. The lowest BCUT2D eigenvalue weighted by Gasteiger charge is -2.29. The topological polar surface area (TPSA) is 105 Å². The number of hydrogen-bond acceptors (Lipinski definition) is 7. The van der Waals surface area contributed by atoms with Crippen LogP contribution in [0.15, 0.2) is 53.6 Å². The minimum Gasteiger partial charge on any atom is -0.601 e. The fraction of sp³-hybridized carbons (Fsp3) is 0.0667. The number of nitrogens with one attached hydrogen (secondary N) is 1. The summed E-state index contributed by atoms with van der Waals surface area (Å²) in [5, 5.41) is 16.2. The molecule has 1 aliphatic rings. The van der Waals surface area contributed by atoms with Gasteiger partial charge in [-0.1, -0.05) is 18.2 Å². The number of nitrogens with zero attached hydrogens (tertiary/aromatic N) is 2. The first kappa shape index (κ1) is 14.8. The number of ether oxygens (including phenoxy) is 1. The molecule has 2 aromatic rings. The molecule has 1 atom stereocenters. The van der Waals surface area contributed by atoms with Crippen LogP contribution in [0.5, 0.6) is 11.5 Å². The molecule has 0 saturated carbocycles. The van der Waals surface area contributed by atoms with Gasteiger partial charge in [0.2, 0.25) is 0 Å². The van der Waals surface area contributed by atoms with Gasteiger partial charge in [0, 0.05) is 13.0 Å². The van der Waals surface area contributed by atoms with Crippen LogP contribution in [0.4, 0.5) is 11.4 Å². The van der Waals surface area contributed by atoms with Crippen LogP contribution in [0.25, 0.3) is 0 Å². The molecule has 0 amide bonds. The Hall–Kier alpha value is -3.10. The molecule has 2 aromatic carbocycles. The van der Waals surface area contributed by atoms with E-state index in [0.717, 1.165) is 5.06 Å². The molecule has 8 heteroatoms. The Bertz CT molecular complexity index is 763. The van der Waals surface area contributed by atoms with E-state index < -0.39 is 11.1 Å². The third kappa shape index (κ3) is 3.07. The van der Waals surface area contributed by atoms with Crippen molar-refractivity contribution in [2.75, 3.05) is 5.06 Å². The number of nitrogens with two attached hydrogens (primary N) is 1. The second-order valence-electron chi connectivity index (χ2n) is 4.75. The molecule has 1 heterocycles. The van der Waals surface area contributed by atoms with Gasteiger partial charge >= 0.3 is 5.97 Å². The Morgan fingerprint density at radius 3 is 2.65 bits per heavy atom. The maximum absolute atomic E-state index is 12.0. The first-order valence-corrected chi connectivity index (χ1v) is 6.79. The first-order chi connectivity index (χ1) is 11.0. The van der Waals surface area contributed by atoms with Gasteiger partial charge in [0.1, 0.15) is 17.2 Å². The molecule has 0 radical (unpaired) electrons. The number of benzene rings is 2. The maximum atomic E-state index is 12.0. The standard InChI is InChI=1S/C15H14N4O4/c1-10(20)23-18-13-8-7-12(22-11-5-3-2-4-6-11)9-14(13)19(21)17-15(18)16/h2-9,19H,1H3,(H2,16,17). The summed E-state index contributed by atoms with van der Waals surface area (Å²) in [6.07, 6.45) is 0. The third-order valence-corrected chi connectivity index (χ3v) is 3.04. The van der Waals surface area contributed by atoms with Crippen molar-refractivity contribution in [3.63, 3.8) is 0 Å². The number of rotatable bonds is 3. The fourth-order valence-corrected chi connectivity index (χ4v) is 2.11. The van der Waals surface area contributed by atoms with Crippen LogP contribution >= 0.6 is 0 Å². The van der Waals surface area contributed by atoms with E-state index in [9.17, 15) is 10.0 Å². The Kier molecular flexibility index (Phi) is 3.83. The van der Waals surface area contributed by atoms with E-state index >= 15 is 0 Å². The SMILES string of the molecule is CC(=O)ON1C(N)=N[NH+]([O-])c2cc(Oc3ccccc3)ccc21. The van der Waals surface area contributed by atoms with E-state index in [1.54, 1.807) is 24.3 Å². The van der Waals surface area contributed by atoms with Gasteiger partial charge in [-0.05, 0) is 29.4 Å². The highest BCUT2D eigenvalue weighted by Crippen LogP contribution is 2.31. The summed E-state index contributed by atoms with van der Waals surface area (Å²) in [5.41, 5.74) is 6.20. The summed E-state index contributed by atoms with van der Waals surface area (Å²) >= 11 is 0. The van der Waals surface area contributed by atoms with Crippen LogP contribution in [0.1, 0.15) is 6.92 Å². The fourth-order valence-electron chi connectivity index (χ4n) is 2.11. The van der Waals surface area contributed by atoms with Crippen LogP contribution in [0.2, 0.25) is 0 Å². The van der Waals surface area contributed by atoms with E-state index in [-0.39, 0.29) is 11.6 Å². The molecule has 0 aromatic heterocycles. The molecule has 0 aliphatic carbocycles. The smallest absolute Gasteiger partial charge is 0.330 e. The van der Waals surface area contributed by atoms with Crippen LogP contribution in [-0.2, 0) is 9.63 Å². The van der Waals surface area contributed by atoms with Crippen molar-refractivity contribution in [1.29, 1.82) is 0 Å². The maximum Gasteiger partial charge on any atom is 0.330 e. The molecule has 1 aliphatic heterocycles. The quantitative estimate of drug-likeness (QED) is 0.820. The van der Waals surface area contributed by atoms with Crippen LogP contribution in [0, 0.1) is 5.21 Å². The van der Waals surface area contributed by atoms with E-state index in [0.29, 0.717) is 17.2 Å². The Morgan fingerprint density at radius 1 is 1.22 bits per heavy atom. The zero-order valence-corrected chi connectivity index (χ0v) is 12.2. The number of carbonyl (C=O) groups excluding carboxylic acids is 1. The second kappa shape index (κ2) is 5.95. The lowest BCUT2D eigenvalue weighted by atomic mass is 10.2. The molecule has 0 saturated heterocycles. The molecule has 0 bridgehead atoms. The lowest BCUT2D eigenvalue weighted by molar-refractivity contribution is -0.784. The van der Waals surface area contributed by atoms with Gasteiger partial charge in [-0.25, -0.2) is 9.97 Å². The van der Waals surface area contributed by atoms with Gasteiger partial charge < -0.3 is 20.5 Å². The Labute approximate surface area is 131 Å². The molecule has 0 fully saturated rings. The van der Waals surface area contributed by atoms with Gasteiger partial charge in [0.15, 0.2) is 5.69 Å². The first-order valence-electron chi connectivity index (χ1n) is 6.79. The van der Waals surface area contributed by atoms with Gasteiger partial charge in [-0.3, -0.25) is 0 Å². The van der Waals surface area contributed by atoms with Crippen LogP contribution in [-0.4, -0.2) is 11.9 Å². The zero-order chi connectivity index (χ0) is 16.4. The van der Waals surface area contributed by atoms with Gasteiger partial charge in [-0.15, -0.1) is 5.06 Å². The van der Waals surface area contributed by atoms with E-state index in [4.69, 9.17) is 15.3 Å². The third-order valence-electron chi connectivity index (χ3n) is 3.04. The minimum absolute atomic E-state index is 0.200. The average molecular weight is 314 g/mol. The summed E-state index contributed by atoms with van der Waals surface area (Å²) in [6.45, 7) is 1.23. The minimum atomic E-state index is -0.576. The van der Waals surface area contributed by atoms with Crippen molar-refractivity contribution in [2.45, 2.75) is 6.92 Å². The lowest BCUT2D eigenvalue weighted by Crippen LogP contribution is -2.98. The summed E-state index contributed by atoms with van der Waals surface area (Å²) < 4.78 is 5.68. The van der Waals surface area contributed by atoms with Crippen molar-refractivity contribution in [2.24, 2.45) is 10.8 Å². The van der Waals surface area contributed by atoms with Gasteiger partial charge in [0.05, 0.1) is 0 Å². The molecule has 118 valence electrons. The number of fused-ring (bicyclic) bond motifs is 1. The highest BCUT2D eigenvalue weighted by molar-refractivity contribution is 5.97. The highest BCUT2D eigenvalue weighted by Gasteiger charge is 2.29. The molecule has 8 nitrogen and oxygen atoms in total. The normalized spacial score (nSPS) is 16.3. The summed E-state index contributed by atoms with van der Waals surface area (Å²) in [6, 6.07) is 13.9. The van der Waals surface area contributed by atoms with Gasteiger partial charge in [0.25, 0.3) is 5.96 Å². The van der Waals surface area contributed by atoms with Crippen molar-refractivity contribution in [1.82, 2.24) is 0 Å². The number of para-hydroxylation sites is 1. The molecule has 3 rings (SSSR count). The summed E-state index contributed by atoms with van der Waals surface area (Å²) in [7, 11) is 0. The van der Waals surface area contributed by atoms with Crippen LogP contribution in [0.3, 0.4) is 0 Å². The Morgan fingerprint density at radius 2 is 1.96 bits per heavy atom. The summed E-state index contributed by atoms with van der Waals surface area (Å²) in [5.74, 6) is 0.319. The molecular weight excluding hydrogens is 300 g/mol. The Balaban J connectivity index is 1.93. The molecule has 1 unspecified atom stereocenters. The molecule has 23 heavy (non-hydrogen) atoms. The molecule has 3 N–H and O–H groups in total. The number of quaternary nitrogens is 1. The second-order valence-corrected chi connectivity index (χ2v) is 4.75. The van der Waals surface area contributed by atoms with Crippen molar-refractivity contribution in [3.05, 3.63) is 53.7 Å². The van der Waals surface area contributed by atoms with Crippen molar-refractivity contribution >= 4 is 23.3 Å². The highest BCUT2D eigenvalue weighted by atomic mass is 16.7. The number of hydroxylamine groups is 1. The van der Waals surface area contributed by atoms with E-state index in [2.05, 4.69) is 5.10 Å². The largest absolute Gasteiger partial charge is 0.601 e. The predicted octanol–water partition coefficient (Wildman–Crippen LogP) is 1.02. The van der Waals surface area contributed by atoms with Crippen molar-refractivity contribution < 1.29 is 19.5 Å². The van der Waals surface area contributed by atoms with Crippen molar-refractivity contribution in [3.8, 4) is 11.5 Å². The molecular formula is C15H14N4O4. The number of anilines is 1.